The number of benzene rings is 1. The van der Waals surface area contributed by atoms with Crippen molar-refractivity contribution >= 4 is 37.7 Å². The summed E-state index contributed by atoms with van der Waals surface area (Å²) in [6, 6.07) is 6.11. The van der Waals surface area contributed by atoms with Crippen molar-refractivity contribution in [3.05, 3.63) is 28.2 Å². The summed E-state index contributed by atoms with van der Waals surface area (Å²) in [4.78, 5) is 0.335. The van der Waals surface area contributed by atoms with Crippen LogP contribution in [-0.2, 0) is 16.6 Å². The van der Waals surface area contributed by atoms with Crippen molar-refractivity contribution in [2.45, 2.75) is 30.3 Å². The molecule has 0 bridgehead atoms. The highest BCUT2D eigenvalue weighted by Gasteiger charge is 2.24. The van der Waals surface area contributed by atoms with E-state index in [9.17, 15) is 8.42 Å². The molecule has 0 aliphatic heterocycles. The summed E-state index contributed by atoms with van der Waals surface area (Å²) < 4.78 is 27.1. The van der Waals surface area contributed by atoms with E-state index in [0.29, 0.717) is 22.0 Å². The van der Waals surface area contributed by atoms with Gasteiger partial charge in [-0.1, -0.05) is 6.07 Å². The summed E-state index contributed by atoms with van der Waals surface area (Å²) in [6.07, 6.45) is 4.46. The SMILES string of the molecule is CSCCN(C)S(=O)(=O)c1ccc(CNC2CC2)cc1Br. The van der Waals surface area contributed by atoms with E-state index in [1.807, 2.05) is 18.4 Å². The molecular formula is C14H21BrN2O2S2. The largest absolute Gasteiger partial charge is 0.310 e. The third-order valence-corrected chi connectivity index (χ3v) is 6.89. The van der Waals surface area contributed by atoms with E-state index in [1.165, 1.54) is 17.1 Å². The van der Waals surface area contributed by atoms with Crippen molar-refractivity contribution < 1.29 is 8.42 Å². The van der Waals surface area contributed by atoms with Crippen LogP contribution in [0.2, 0.25) is 0 Å². The Morgan fingerprint density at radius 3 is 2.71 bits per heavy atom. The molecule has 1 aliphatic carbocycles. The molecule has 0 heterocycles. The number of hydrogen-bond acceptors (Lipinski definition) is 4. The lowest BCUT2D eigenvalue weighted by atomic mass is 10.2. The molecule has 1 saturated carbocycles. The third kappa shape index (κ3) is 4.69. The second-order valence-electron chi connectivity index (χ2n) is 5.24. The molecule has 2 rings (SSSR count). The summed E-state index contributed by atoms with van der Waals surface area (Å²) in [5.74, 6) is 0.788. The first-order valence-electron chi connectivity index (χ1n) is 6.92. The molecule has 118 valence electrons. The van der Waals surface area contributed by atoms with Gasteiger partial charge in [-0.25, -0.2) is 12.7 Å². The van der Waals surface area contributed by atoms with Crippen LogP contribution >= 0.6 is 27.7 Å². The zero-order chi connectivity index (χ0) is 15.5. The first-order chi connectivity index (χ1) is 9.95. The monoisotopic (exact) mass is 392 g/mol. The van der Waals surface area contributed by atoms with Gasteiger partial charge in [0.15, 0.2) is 0 Å². The normalized spacial score (nSPS) is 15.6. The molecule has 1 fully saturated rings. The zero-order valence-electron chi connectivity index (χ0n) is 12.3. The molecule has 7 heteroatoms. The van der Waals surface area contributed by atoms with Crippen molar-refractivity contribution in [3.63, 3.8) is 0 Å². The summed E-state index contributed by atoms with van der Waals surface area (Å²) in [6.45, 7) is 1.30. The topological polar surface area (TPSA) is 49.4 Å². The predicted molar refractivity (Wildman–Crippen MR) is 92.2 cm³/mol. The Hall–Kier alpha value is -0.0800. The van der Waals surface area contributed by atoms with E-state index >= 15 is 0 Å². The van der Waals surface area contributed by atoms with E-state index in [-0.39, 0.29) is 0 Å². The lowest BCUT2D eigenvalue weighted by molar-refractivity contribution is 0.488. The molecule has 1 aromatic carbocycles. The minimum atomic E-state index is -3.42. The lowest BCUT2D eigenvalue weighted by Gasteiger charge is -2.18. The van der Waals surface area contributed by atoms with E-state index in [1.54, 1.807) is 24.9 Å². The molecule has 0 amide bonds. The van der Waals surface area contributed by atoms with Gasteiger partial charge in [0.25, 0.3) is 0 Å². The van der Waals surface area contributed by atoms with Crippen LogP contribution in [0.15, 0.2) is 27.6 Å². The van der Waals surface area contributed by atoms with Crippen LogP contribution < -0.4 is 5.32 Å². The lowest BCUT2D eigenvalue weighted by Crippen LogP contribution is -2.29. The fourth-order valence-electron chi connectivity index (χ4n) is 1.92. The number of halogens is 1. The number of hydrogen-bond donors (Lipinski definition) is 1. The summed E-state index contributed by atoms with van der Waals surface area (Å²) in [7, 11) is -1.80. The predicted octanol–water partition coefficient (Wildman–Crippen LogP) is 2.68. The van der Waals surface area contributed by atoms with E-state index in [4.69, 9.17) is 0 Å². The molecule has 4 nitrogen and oxygen atoms in total. The van der Waals surface area contributed by atoms with Crippen LogP contribution in [-0.4, -0.2) is 44.4 Å². The maximum atomic E-state index is 12.5. The van der Waals surface area contributed by atoms with Crippen LogP contribution in [0.5, 0.6) is 0 Å². The average Bonchev–Trinajstić information content (AvgIpc) is 3.26. The van der Waals surface area contributed by atoms with Gasteiger partial charge in [0.05, 0.1) is 4.90 Å². The minimum Gasteiger partial charge on any atom is -0.310 e. The number of nitrogens with one attached hydrogen (secondary N) is 1. The zero-order valence-corrected chi connectivity index (χ0v) is 15.5. The van der Waals surface area contributed by atoms with E-state index in [2.05, 4.69) is 21.2 Å². The van der Waals surface area contributed by atoms with Gasteiger partial charge in [-0.15, -0.1) is 0 Å². The molecule has 0 saturated heterocycles. The first-order valence-corrected chi connectivity index (χ1v) is 10.5. The van der Waals surface area contributed by atoms with Gasteiger partial charge in [-0.3, -0.25) is 0 Å². The van der Waals surface area contributed by atoms with Gasteiger partial charge in [0.2, 0.25) is 10.0 Å². The minimum absolute atomic E-state index is 0.335. The van der Waals surface area contributed by atoms with Crippen molar-refractivity contribution in [3.8, 4) is 0 Å². The Morgan fingerprint density at radius 1 is 1.43 bits per heavy atom. The molecule has 1 aliphatic rings. The maximum absolute atomic E-state index is 12.5. The summed E-state index contributed by atoms with van der Waals surface area (Å²) in [5.41, 5.74) is 1.10. The number of sulfonamides is 1. The van der Waals surface area contributed by atoms with Crippen LogP contribution in [0, 0.1) is 0 Å². The van der Waals surface area contributed by atoms with Crippen molar-refractivity contribution in [1.29, 1.82) is 0 Å². The molecule has 1 aromatic rings. The van der Waals surface area contributed by atoms with E-state index in [0.717, 1.165) is 17.9 Å². The van der Waals surface area contributed by atoms with Crippen molar-refractivity contribution in [1.82, 2.24) is 9.62 Å². The summed E-state index contributed by atoms with van der Waals surface area (Å²) in [5, 5.41) is 3.43. The third-order valence-electron chi connectivity index (χ3n) is 3.47. The number of nitrogens with zero attached hydrogens (tertiary/aromatic N) is 1. The average molecular weight is 393 g/mol. The van der Waals surface area contributed by atoms with E-state index < -0.39 is 10.0 Å². The Balaban J connectivity index is 2.10. The quantitative estimate of drug-likeness (QED) is 0.738. The molecule has 0 unspecified atom stereocenters. The molecular weight excluding hydrogens is 372 g/mol. The number of rotatable bonds is 8. The van der Waals surface area contributed by atoms with Crippen LogP contribution in [0.1, 0.15) is 18.4 Å². The molecule has 0 aromatic heterocycles. The highest BCUT2D eigenvalue weighted by Crippen LogP contribution is 2.26. The summed E-state index contributed by atoms with van der Waals surface area (Å²) >= 11 is 5.04. The van der Waals surface area contributed by atoms with Crippen molar-refractivity contribution in [2.24, 2.45) is 0 Å². The highest BCUT2D eigenvalue weighted by molar-refractivity contribution is 9.10. The molecule has 0 atom stereocenters. The van der Waals surface area contributed by atoms with Gasteiger partial charge in [0, 0.05) is 36.4 Å². The first kappa shape index (κ1) is 17.3. The Kier molecular flexibility index (Phi) is 6.14. The van der Waals surface area contributed by atoms with Crippen LogP contribution in [0.25, 0.3) is 0 Å². The second-order valence-corrected chi connectivity index (χ2v) is 9.09. The standard InChI is InChI=1S/C14H21BrN2O2S2/c1-17(7-8-20-2)21(18,19)14-6-3-11(9-13(14)15)10-16-12-4-5-12/h3,6,9,12,16H,4-5,7-8,10H2,1-2H3. The van der Waals surface area contributed by atoms with Gasteiger partial charge in [0.1, 0.15) is 0 Å². The Bertz CT molecular complexity index is 589. The molecule has 21 heavy (non-hydrogen) atoms. The fraction of sp³-hybridized carbons (Fsp3) is 0.571. The van der Waals surface area contributed by atoms with Crippen LogP contribution in [0.3, 0.4) is 0 Å². The maximum Gasteiger partial charge on any atom is 0.243 e. The molecule has 0 radical (unpaired) electrons. The molecule has 0 spiro atoms. The van der Waals surface area contributed by atoms with Crippen molar-refractivity contribution in [2.75, 3.05) is 25.6 Å². The van der Waals surface area contributed by atoms with Gasteiger partial charge >= 0.3 is 0 Å². The second kappa shape index (κ2) is 7.46. The van der Waals surface area contributed by atoms with Gasteiger partial charge < -0.3 is 5.32 Å². The number of thioether (sulfide) groups is 1. The smallest absolute Gasteiger partial charge is 0.243 e. The van der Waals surface area contributed by atoms with Gasteiger partial charge in [-0.05, 0) is 52.7 Å². The Labute approximate surface area is 139 Å². The van der Waals surface area contributed by atoms with Crippen LogP contribution in [0.4, 0.5) is 0 Å². The Morgan fingerprint density at radius 2 is 2.14 bits per heavy atom. The fourth-order valence-corrected chi connectivity index (χ4v) is 4.75. The highest BCUT2D eigenvalue weighted by atomic mass is 79.9. The molecule has 1 N–H and O–H groups in total. The van der Waals surface area contributed by atoms with Gasteiger partial charge in [-0.2, -0.15) is 11.8 Å².